The molecule has 0 aliphatic rings. The van der Waals surface area contributed by atoms with Gasteiger partial charge < -0.3 is 0 Å². The lowest BCUT2D eigenvalue weighted by molar-refractivity contribution is 0.288. The highest BCUT2D eigenvalue weighted by Crippen LogP contribution is 2.38. The molecule has 6 heteroatoms. The van der Waals surface area contributed by atoms with Gasteiger partial charge in [0.1, 0.15) is 0 Å². The number of hydrogen-bond donors (Lipinski definition) is 0. The van der Waals surface area contributed by atoms with E-state index in [9.17, 15) is 16.8 Å². The molecule has 0 saturated heterocycles. The maximum absolute atomic E-state index is 13.7. The van der Waals surface area contributed by atoms with E-state index in [4.69, 9.17) is 0 Å². The summed E-state index contributed by atoms with van der Waals surface area (Å²) in [5.74, 6) is 2.18. The van der Waals surface area contributed by atoms with Crippen LogP contribution in [0.3, 0.4) is 0 Å². The van der Waals surface area contributed by atoms with Crippen LogP contribution in [-0.4, -0.2) is 21.4 Å². The van der Waals surface area contributed by atoms with Crippen molar-refractivity contribution in [2.75, 3.05) is 0 Å². The van der Waals surface area contributed by atoms with Crippen LogP contribution in [0.15, 0.2) is 70.5 Å². The molecular weight excluding hydrogens is 524 g/mol. The first kappa shape index (κ1) is 33.5. The molecule has 0 bridgehead atoms. The highest BCUT2D eigenvalue weighted by atomic mass is 32.3. The standard InChI is InChI=1S/C33H52O4S2/c1-27(2)16-13-17-28(3)18-14-19-29(4)20-15-25-33(5,6)26-32(38(34,35)30-21-9-7-10-22-30)39(36,37)31-23-11-8-12-24-31/h7-12,21-24,27-29,32H,13-20,25-26H2,1-6H3. The molecule has 0 saturated carbocycles. The smallest absolute Gasteiger partial charge is 0.195 e. The van der Waals surface area contributed by atoms with E-state index in [0.717, 1.165) is 31.1 Å². The third-order valence-electron chi connectivity index (χ3n) is 7.98. The summed E-state index contributed by atoms with van der Waals surface area (Å²) in [6.07, 6.45) is 10.6. The lowest BCUT2D eigenvalue weighted by Gasteiger charge is -2.30. The van der Waals surface area contributed by atoms with Crippen LogP contribution in [0.1, 0.15) is 106 Å². The lowest BCUT2D eigenvalue weighted by atomic mass is 9.83. The summed E-state index contributed by atoms with van der Waals surface area (Å²) in [4.78, 5) is 0.106. The molecule has 0 heterocycles. The van der Waals surface area contributed by atoms with Crippen molar-refractivity contribution >= 4 is 19.7 Å². The Morgan fingerprint density at radius 1 is 0.590 bits per heavy atom. The molecule has 2 aromatic carbocycles. The van der Waals surface area contributed by atoms with Gasteiger partial charge in [0.25, 0.3) is 0 Å². The van der Waals surface area contributed by atoms with Crippen LogP contribution >= 0.6 is 0 Å². The van der Waals surface area contributed by atoms with E-state index in [-0.39, 0.29) is 16.2 Å². The van der Waals surface area contributed by atoms with Crippen LogP contribution in [0, 0.1) is 23.2 Å². The molecule has 0 N–H and O–H groups in total. The Morgan fingerprint density at radius 3 is 1.38 bits per heavy atom. The minimum Gasteiger partial charge on any atom is -0.222 e. The maximum Gasteiger partial charge on any atom is 0.195 e. The molecule has 220 valence electrons. The minimum absolute atomic E-state index is 0.0531. The van der Waals surface area contributed by atoms with Gasteiger partial charge in [-0.1, -0.05) is 129 Å². The molecule has 39 heavy (non-hydrogen) atoms. The number of rotatable bonds is 18. The van der Waals surface area contributed by atoms with Crippen LogP contribution in [0.5, 0.6) is 0 Å². The van der Waals surface area contributed by atoms with E-state index in [1.165, 1.54) is 62.8 Å². The summed E-state index contributed by atoms with van der Waals surface area (Å²) >= 11 is 0. The summed E-state index contributed by atoms with van der Waals surface area (Å²) in [6, 6.07) is 16.0. The molecule has 0 spiro atoms. The molecular formula is C33H52O4S2. The summed E-state index contributed by atoms with van der Waals surface area (Å²) in [7, 11) is -8.20. The van der Waals surface area contributed by atoms with Crippen LogP contribution in [0.25, 0.3) is 0 Å². The Bertz CT molecular complexity index is 1100. The largest absolute Gasteiger partial charge is 0.222 e. The summed E-state index contributed by atoms with van der Waals surface area (Å²) in [5.41, 5.74) is -0.445. The minimum atomic E-state index is -4.10. The van der Waals surface area contributed by atoms with Crippen molar-refractivity contribution in [2.24, 2.45) is 23.2 Å². The molecule has 0 aromatic heterocycles. The van der Waals surface area contributed by atoms with Gasteiger partial charge in [0.05, 0.1) is 9.79 Å². The second-order valence-electron chi connectivity index (χ2n) is 12.9. The van der Waals surface area contributed by atoms with Gasteiger partial charge >= 0.3 is 0 Å². The zero-order valence-electron chi connectivity index (χ0n) is 25.1. The summed E-state index contributed by atoms with van der Waals surface area (Å²) in [6.45, 7) is 13.3. The molecule has 2 aromatic rings. The fourth-order valence-corrected chi connectivity index (χ4v) is 10.4. The first-order valence-electron chi connectivity index (χ1n) is 14.8. The van der Waals surface area contributed by atoms with E-state index in [2.05, 4.69) is 27.7 Å². The summed E-state index contributed by atoms with van der Waals surface area (Å²) in [5, 5.41) is 0. The molecule has 0 fully saturated rings. The Hall–Kier alpha value is -1.66. The average Bonchev–Trinajstić information content (AvgIpc) is 2.88. The zero-order valence-corrected chi connectivity index (χ0v) is 26.7. The number of sulfone groups is 2. The van der Waals surface area contributed by atoms with Crippen molar-refractivity contribution in [3.8, 4) is 0 Å². The normalized spacial score (nSPS) is 14.6. The quantitative estimate of drug-likeness (QED) is 0.177. The zero-order chi connectivity index (χ0) is 29.1. The fraction of sp³-hybridized carbons (Fsp3) is 0.636. The van der Waals surface area contributed by atoms with E-state index in [1.807, 2.05) is 13.8 Å². The van der Waals surface area contributed by atoms with E-state index in [1.54, 1.807) is 36.4 Å². The molecule has 2 unspecified atom stereocenters. The van der Waals surface area contributed by atoms with Gasteiger partial charge in [-0.15, -0.1) is 0 Å². The van der Waals surface area contributed by atoms with Crippen LogP contribution in [-0.2, 0) is 19.7 Å². The van der Waals surface area contributed by atoms with Gasteiger partial charge in [-0.3, -0.25) is 0 Å². The molecule has 0 amide bonds. The fourth-order valence-electron chi connectivity index (χ4n) is 5.37. The molecule has 0 radical (unpaired) electrons. The van der Waals surface area contributed by atoms with Crippen LogP contribution < -0.4 is 0 Å². The van der Waals surface area contributed by atoms with E-state index >= 15 is 0 Å². The molecule has 2 rings (SSSR count). The Labute approximate surface area is 239 Å². The van der Waals surface area contributed by atoms with Gasteiger partial charge in [0, 0.05) is 0 Å². The van der Waals surface area contributed by atoms with Crippen molar-refractivity contribution < 1.29 is 16.8 Å². The predicted octanol–water partition coefficient (Wildman–Crippen LogP) is 9.12. The monoisotopic (exact) mass is 576 g/mol. The third kappa shape index (κ3) is 11.0. The molecule has 2 atom stereocenters. The number of benzene rings is 2. The highest BCUT2D eigenvalue weighted by molar-refractivity contribution is 8.09. The third-order valence-corrected chi connectivity index (χ3v) is 13.1. The Morgan fingerprint density at radius 2 is 0.974 bits per heavy atom. The molecule has 0 aliphatic carbocycles. The lowest BCUT2D eigenvalue weighted by Crippen LogP contribution is -2.35. The van der Waals surface area contributed by atoms with Gasteiger partial charge in [0.15, 0.2) is 24.3 Å². The van der Waals surface area contributed by atoms with Gasteiger partial charge in [0.2, 0.25) is 0 Å². The first-order chi connectivity index (χ1) is 18.3. The molecule has 0 aliphatic heterocycles. The van der Waals surface area contributed by atoms with Crippen molar-refractivity contribution in [1.82, 2.24) is 0 Å². The van der Waals surface area contributed by atoms with Crippen LogP contribution in [0.2, 0.25) is 0 Å². The molecule has 4 nitrogen and oxygen atoms in total. The van der Waals surface area contributed by atoms with Crippen molar-refractivity contribution in [3.63, 3.8) is 0 Å². The Kier molecular flexibility index (Phi) is 13.2. The number of hydrogen-bond acceptors (Lipinski definition) is 4. The van der Waals surface area contributed by atoms with Gasteiger partial charge in [-0.05, 0) is 60.3 Å². The highest BCUT2D eigenvalue weighted by Gasteiger charge is 2.43. The first-order valence-corrected chi connectivity index (χ1v) is 17.9. The van der Waals surface area contributed by atoms with Crippen molar-refractivity contribution in [3.05, 3.63) is 60.7 Å². The van der Waals surface area contributed by atoms with Crippen molar-refractivity contribution in [1.29, 1.82) is 0 Å². The second kappa shape index (κ2) is 15.4. The van der Waals surface area contributed by atoms with E-state index in [0.29, 0.717) is 5.92 Å². The topological polar surface area (TPSA) is 68.3 Å². The second-order valence-corrected chi connectivity index (χ2v) is 17.4. The maximum atomic E-state index is 13.7. The van der Waals surface area contributed by atoms with E-state index < -0.39 is 29.7 Å². The van der Waals surface area contributed by atoms with Gasteiger partial charge in [-0.2, -0.15) is 0 Å². The average molecular weight is 577 g/mol. The summed E-state index contributed by atoms with van der Waals surface area (Å²) < 4.78 is 53.3. The SMILES string of the molecule is CC(C)CCCC(C)CCCC(C)CCCC(C)(C)CC(S(=O)(=O)c1ccccc1)S(=O)(=O)c1ccccc1. The van der Waals surface area contributed by atoms with Crippen molar-refractivity contribution in [2.45, 2.75) is 120 Å². The Balaban J connectivity index is 2.01. The predicted molar refractivity (Wildman–Crippen MR) is 164 cm³/mol. The van der Waals surface area contributed by atoms with Gasteiger partial charge in [-0.25, -0.2) is 16.8 Å². The van der Waals surface area contributed by atoms with Crippen LogP contribution in [0.4, 0.5) is 0 Å².